The van der Waals surface area contributed by atoms with Crippen molar-refractivity contribution < 1.29 is 53.7 Å². The van der Waals surface area contributed by atoms with Crippen molar-refractivity contribution in [2.75, 3.05) is 17.2 Å². The molecule has 0 aromatic heterocycles. The van der Waals surface area contributed by atoms with Gasteiger partial charge in [-0.2, -0.15) is 26.3 Å². The molecule has 17 heteroatoms. The number of nitrogens with one attached hydrogen (secondary N) is 1. The molecule has 244 valence electrons. The SMILES string of the molecule is CC1(C)OCc2ccc(CN[C@H]3CS(=O)(=O)C[C@@H](Cc4cc(F)c(N)c(OC(C(F)(F)F)C(F)(F)F)c4)[C@@H]3O)cc21.Cl.Cl. The molecule has 2 aromatic carbocycles. The first kappa shape index (κ1) is 37.1. The number of alkyl halides is 6. The van der Waals surface area contributed by atoms with Crippen LogP contribution in [0.3, 0.4) is 0 Å². The first-order chi connectivity index (χ1) is 18.8. The Balaban J connectivity index is 0.00000323. The van der Waals surface area contributed by atoms with E-state index in [0.717, 1.165) is 22.8 Å². The van der Waals surface area contributed by atoms with E-state index in [-0.39, 0.29) is 43.3 Å². The Hall–Kier alpha value is -2.04. The van der Waals surface area contributed by atoms with Crippen LogP contribution in [0.4, 0.5) is 36.4 Å². The molecular weight excluding hydrogens is 656 g/mol. The summed E-state index contributed by atoms with van der Waals surface area (Å²) in [6, 6.07) is 6.15. The van der Waals surface area contributed by atoms with Crippen LogP contribution in [0.2, 0.25) is 0 Å². The van der Waals surface area contributed by atoms with E-state index < -0.39 is 80.7 Å². The number of benzene rings is 2. The van der Waals surface area contributed by atoms with Gasteiger partial charge < -0.3 is 25.6 Å². The van der Waals surface area contributed by atoms with Gasteiger partial charge >= 0.3 is 12.4 Å². The Morgan fingerprint density at radius 2 is 1.70 bits per heavy atom. The summed E-state index contributed by atoms with van der Waals surface area (Å²) < 4.78 is 128. The topological polar surface area (TPSA) is 111 Å². The van der Waals surface area contributed by atoms with Crippen LogP contribution in [0.5, 0.6) is 5.75 Å². The summed E-state index contributed by atoms with van der Waals surface area (Å²) >= 11 is 0. The average molecular weight is 688 g/mol. The van der Waals surface area contributed by atoms with Gasteiger partial charge in [-0.1, -0.05) is 18.2 Å². The Morgan fingerprint density at radius 1 is 1.07 bits per heavy atom. The highest BCUT2D eigenvalue weighted by molar-refractivity contribution is 7.91. The minimum absolute atomic E-state index is 0. The molecule has 0 aliphatic carbocycles. The Bertz CT molecular complexity index is 1390. The molecule has 1 fully saturated rings. The van der Waals surface area contributed by atoms with E-state index in [1.165, 1.54) is 0 Å². The van der Waals surface area contributed by atoms with Gasteiger partial charge in [0.05, 0.1) is 29.8 Å². The number of nitrogens with two attached hydrogens (primary N) is 1. The van der Waals surface area contributed by atoms with E-state index in [4.69, 9.17) is 10.5 Å². The van der Waals surface area contributed by atoms with Gasteiger partial charge in [-0.25, -0.2) is 12.8 Å². The largest absolute Gasteiger partial charge is 0.469 e. The average Bonchev–Trinajstić information content (AvgIpc) is 3.13. The molecule has 0 saturated carbocycles. The number of rotatable bonds is 7. The highest BCUT2D eigenvalue weighted by Gasteiger charge is 2.59. The molecular formula is C26H31Cl2F7N2O5S. The Labute approximate surface area is 256 Å². The molecule has 2 aromatic rings. The van der Waals surface area contributed by atoms with Crippen molar-refractivity contribution in [2.45, 2.75) is 69.6 Å². The minimum Gasteiger partial charge on any atom is -0.469 e. The van der Waals surface area contributed by atoms with Crippen molar-refractivity contribution in [1.82, 2.24) is 5.32 Å². The quantitative estimate of drug-likeness (QED) is 0.278. The zero-order chi connectivity index (χ0) is 30.5. The Kier molecular flexibility index (Phi) is 11.3. The Morgan fingerprint density at radius 3 is 2.30 bits per heavy atom. The summed E-state index contributed by atoms with van der Waals surface area (Å²) in [5.74, 6) is -4.56. The zero-order valence-electron chi connectivity index (χ0n) is 22.8. The van der Waals surface area contributed by atoms with Crippen molar-refractivity contribution in [1.29, 1.82) is 0 Å². The number of nitrogen functional groups attached to an aromatic ring is 1. The number of ether oxygens (including phenoxy) is 2. The van der Waals surface area contributed by atoms with Crippen LogP contribution in [0.1, 0.15) is 36.1 Å². The van der Waals surface area contributed by atoms with E-state index in [1.54, 1.807) is 0 Å². The molecule has 2 aliphatic heterocycles. The maximum Gasteiger partial charge on any atom is 0.434 e. The summed E-state index contributed by atoms with van der Waals surface area (Å²) in [5, 5.41) is 14.0. The lowest BCUT2D eigenvalue weighted by atomic mass is 9.90. The van der Waals surface area contributed by atoms with Crippen LogP contribution in [0.25, 0.3) is 0 Å². The predicted molar refractivity (Wildman–Crippen MR) is 149 cm³/mol. The van der Waals surface area contributed by atoms with Gasteiger partial charge in [0.15, 0.2) is 9.84 Å². The predicted octanol–water partition coefficient (Wildman–Crippen LogP) is 5.00. The third kappa shape index (κ3) is 8.57. The van der Waals surface area contributed by atoms with Gasteiger partial charge in [0.1, 0.15) is 17.3 Å². The number of halogens is 9. The number of aliphatic hydroxyl groups excluding tert-OH is 1. The number of anilines is 1. The lowest BCUT2D eigenvalue weighted by molar-refractivity contribution is -0.299. The third-order valence-electron chi connectivity index (χ3n) is 7.27. The summed E-state index contributed by atoms with van der Waals surface area (Å²) in [7, 11) is -3.74. The van der Waals surface area contributed by atoms with Crippen molar-refractivity contribution in [3.05, 3.63) is 58.4 Å². The molecule has 4 rings (SSSR count). The molecule has 3 atom stereocenters. The number of fused-ring (bicyclic) bond motifs is 1. The first-order valence-electron chi connectivity index (χ1n) is 12.5. The molecule has 2 heterocycles. The van der Waals surface area contributed by atoms with Gasteiger partial charge in [0, 0.05) is 18.5 Å². The second-order valence-corrected chi connectivity index (χ2v) is 13.0. The standard InChI is InChI=1S/C26H29F7N2O5S.2ClH/c1-24(2)17-6-13(3-4-15(17)10-39-24)9-35-19-12-41(37,38)11-16(22(19)36)5-14-7-18(27)21(34)20(8-14)40-23(25(28,29)30)26(31,32)33;;/h3-4,6-8,16,19,22-23,35-36H,5,9-12,34H2,1-2H3;2*1H/t16-,19+,22+;;/m1../s1. The number of hydrogen-bond donors (Lipinski definition) is 3. The molecule has 43 heavy (non-hydrogen) atoms. The van der Waals surface area contributed by atoms with Crippen molar-refractivity contribution in [2.24, 2.45) is 5.92 Å². The lowest BCUT2D eigenvalue weighted by Crippen LogP contribution is -2.54. The molecule has 4 N–H and O–H groups in total. The van der Waals surface area contributed by atoms with Crippen molar-refractivity contribution in [3.8, 4) is 5.75 Å². The second kappa shape index (κ2) is 13.1. The van der Waals surface area contributed by atoms with E-state index in [9.17, 15) is 44.3 Å². The number of aliphatic hydroxyl groups is 1. The van der Waals surface area contributed by atoms with Gasteiger partial charge in [0.25, 0.3) is 6.10 Å². The monoisotopic (exact) mass is 686 g/mol. The maximum atomic E-state index is 14.5. The first-order valence-corrected chi connectivity index (χ1v) is 14.3. The molecule has 0 amide bonds. The number of sulfone groups is 1. The molecule has 0 unspecified atom stereocenters. The van der Waals surface area contributed by atoms with Gasteiger partial charge in [-0.15, -0.1) is 24.8 Å². The maximum absolute atomic E-state index is 14.5. The minimum atomic E-state index is -5.87. The van der Waals surface area contributed by atoms with E-state index >= 15 is 0 Å². The van der Waals surface area contributed by atoms with Crippen LogP contribution < -0.4 is 15.8 Å². The van der Waals surface area contributed by atoms with Crippen LogP contribution >= 0.6 is 24.8 Å². The van der Waals surface area contributed by atoms with Crippen molar-refractivity contribution >= 4 is 40.3 Å². The van der Waals surface area contributed by atoms with Gasteiger partial charge in [0.2, 0.25) is 0 Å². The fraction of sp³-hybridized carbons (Fsp3) is 0.538. The smallest absolute Gasteiger partial charge is 0.434 e. The molecule has 1 saturated heterocycles. The zero-order valence-corrected chi connectivity index (χ0v) is 25.2. The van der Waals surface area contributed by atoms with Crippen LogP contribution in [-0.4, -0.2) is 55.6 Å². The third-order valence-corrected chi connectivity index (χ3v) is 9.07. The molecule has 0 radical (unpaired) electrons. The summed E-state index contributed by atoms with van der Waals surface area (Å²) in [4.78, 5) is 0. The van der Waals surface area contributed by atoms with E-state index in [2.05, 4.69) is 10.1 Å². The summed E-state index contributed by atoms with van der Waals surface area (Å²) in [6.07, 6.45) is -17.7. The molecule has 2 aliphatic rings. The van der Waals surface area contributed by atoms with Crippen molar-refractivity contribution in [3.63, 3.8) is 0 Å². The van der Waals surface area contributed by atoms with Crippen LogP contribution in [0, 0.1) is 11.7 Å². The molecule has 0 spiro atoms. The summed E-state index contributed by atoms with van der Waals surface area (Å²) in [6.45, 7) is 4.49. The molecule has 0 bridgehead atoms. The highest BCUT2D eigenvalue weighted by Crippen LogP contribution is 2.40. The van der Waals surface area contributed by atoms with E-state index in [0.29, 0.717) is 12.7 Å². The lowest BCUT2D eigenvalue weighted by Gasteiger charge is -2.35. The van der Waals surface area contributed by atoms with E-state index in [1.807, 2.05) is 32.0 Å². The highest BCUT2D eigenvalue weighted by atomic mass is 35.5. The second-order valence-electron chi connectivity index (χ2n) is 10.9. The van der Waals surface area contributed by atoms with Gasteiger partial charge in [-0.3, -0.25) is 0 Å². The molecule has 7 nitrogen and oxygen atoms in total. The fourth-order valence-electron chi connectivity index (χ4n) is 5.17. The summed E-state index contributed by atoms with van der Waals surface area (Å²) in [5.41, 5.74) is 6.39. The van der Waals surface area contributed by atoms with Crippen LogP contribution in [0.15, 0.2) is 30.3 Å². The van der Waals surface area contributed by atoms with Gasteiger partial charge in [-0.05, 0) is 54.7 Å². The number of hydrogen-bond acceptors (Lipinski definition) is 7. The van der Waals surface area contributed by atoms with Crippen LogP contribution in [-0.2, 0) is 39.7 Å². The fourth-order valence-corrected chi connectivity index (χ4v) is 7.13. The normalized spacial score (nSPS) is 22.8.